The Balaban J connectivity index is 2.05. The van der Waals surface area contributed by atoms with Crippen molar-refractivity contribution in [2.24, 2.45) is 0 Å². The van der Waals surface area contributed by atoms with Crippen molar-refractivity contribution in [2.45, 2.75) is 32.0 Å². The lowest BCUT2D eigenvalue weighted by molar-refractivity contribution is -0.00842. The summed E-state index contributed by atoms with van der Waals surface area (Å²) in [5.74, 6) is -0.476. The van der Waals surface area contributed by atoms with Crippen LogP contribution in [0.1, 0.15) is 24.8 Å². The van der Waals surface area contributed by atoms with Gasteiger partial charge in [-0.2, -0.15) is 0 Å². The quantitative estimate of drug-likeness (QED) is 0.735. The van der Waals surface area contributed by atoms with Gasteiger partial charge in [-0.3, -0.25) is 0 Å². The first-order valence-corrected chi connectivity index (χ1v) is 5.43. The minimum atomic E-state index is -1.66. The molecule has 0 saturated heterocycles. The fourth-order valence-electron chi connectivity index (χ4n) is 1.68. The molecule has 0 unspecified atom stereocenters. The van der Waals surface area contributed by atoms with E-state index < -0.39 is 12.9 Å². The van der Waals surface area contributed by atoms with E-state index in [1.165, 1.54) is 18.6 Å². The van der Waals surface area contributed by atoms with Gasteiger partial charge in [0.25, 0.3) is 0 Å². The monoisotopic (exact) mass is 224 g/mol. The highest BCUT2D eigenvalue weighted by Crippen LogP contribution is 2.22. The zero-order chi connectivity index (χ0) is 11.5. The summed E-state index contributed by atoms with van der Waals surface area (Å²) in [5.41, 5.74) is 0.808. The van der Waals surface area contributed by atoms with Gasteiger partial charge >= 0.3 is 7.12 Å². The maximum absolute atomic E-state index is 12.9. The van der Waals surface area contributed by atoms with Gasteiger partial charge in [0.2, 0.25) is 0 Å². The Morgan fingerprint density at radius 2 is 2.12 bits per heavy atom. The van der Waals surface area contributed by atoms with Crippen LogP contribution in [-0.2, 0) is 11.3 Å². The van der Waals surface area contributed by atoms with E-state index in [1.54, 1.807) is 0 Å². The molecule has 86 valence electrons. The number of rotatable bonds is 4. The smallest absolute Gasteiger partial charge is 0.423 e. The molecule has 5 heteroatoms. The molecule has 0 aliphatic heterocycles. The fraction of sp³-hybridized carbons (Fsp3) is 0.455. The van der Waals surface area contributed by atoms with Gasteiger partial charge in [0.1, 0.15) is 5.82 Å². The highest BCUT2D eigenvalue weighted by molar-refractivity contribution is 6.59. The first-order chi connectivity index (χ1) is 7.66. The number of benzene rings is 1. The molecular weight excluding hydrogens is 210 g/mol. The number of ether oxygens (including phenoxy) is 1. The Morgan fingerprint density at radius 3 is 2.69 bits per heavy atom. The summed E-state index contributed by atoms with van der Waals surface area (Å²) in [6, 6.07) is 3.96. The van der Waals surface area contributed by atoms with Gasteiger partial charge in [0.05, 0.1) is 12.7 Å². The van der Waals surface area contributed by atoms with E-state index in [9.17, 15) is 4.39 Å². The van der Waals surface area contributed by atoms with Gasteiger partial charge in [-0.05, 0) is 42.4 Å². The summed E-state index contributed by atoms with van der Waals surface area (Å²) in [6.07, 6.45) is 3.56. The average molecular weight is 224 g/mol. The highest BCUT2D eigenvalue weighted by atomic mass is 19.1. The van der Waals surface area contributed by atoms with E-state index in [4.69, 9.17) is 14.8 Å². The third-order valence-corrected chi connectivity index (χ3v) is 2.91. The third-order valence-electron chi connectivity index (χ3n) is 2.91. The fourth-order valence-corrected chi connectivity index (χ4v) is 1.68. The van der Waals surface area contributed by atoms with Crippen LogP contribution in [0.4, 0.5) is 4.39 Å². The van der Waals surface area contributed by atoms with Gasteiger partial charge in [0.15, 0.2) is 0 Å². The zero-order valence-electron chi connectivity index (χ0n) is 8.90. The molecule has 16 heavy (non-hydrogen) atoms. The van der Waals surface area contributed by atoms with Crippen LogP contribution in [0.15, 0.2) is 18.2 Å². The predicted molar refractivity (Wildman–Crippen MR) is 58.7 cm³/mol. The van der Waals surface area contributed by atoms with Gasteiger partial charge in [-0.25, -0.2) is 4.39 Å². The maximum atomic E-state index is 12.9. The van der Waals surface area contributed by atoms with Crippen molar-refractivity contribution in [2.75, 3.05) is 0 Å². The summed E-state index contributed by atoms with van der Waals surface area (Å²) in [5, 5.41) is 18.2. The molecule has 1 aromatic rings. The molecule has 3 nitrogen and oxygen atoms in total. The molecule has 2 N–H and O–H groups in total. The van der Waals surface area contributed by atoms with Crippen molar-refractivity contribution in [1.82, 2.24) is 0 Å². The Morgan fingerprint density at radius 1 is 1.38 bits per heavy atom. The molecule has 0 aromatic heterocycles. The molecule has 1 aliphatic carbocycles. The SMILES string of the molecule is OB(O)c1cc(F)ccc1COC1CCC1. The Hall–Kier alpha value is -0.905. The van der Waals surface area contributed by atoms with Crippen LogP contribution in [0.5, 0.6) is 0 Å². The van der Waals surface area contributed by atoms with Crippen LogP contribution in [0.3, 0.4) is 0 Å². The van der Waals surface area contributed by atoms with Crippen LogP contribution in [0.2, 0.25) is 0 Å². The van der Waals surface area contributed by atoms with E-state index in [0.717, 1.165) is 18.9 Å². The van der Waals surface area contributed by atoms with Crippen LogP contribution in [0.25, 0.3) is 0 Å². The molecule has 1 aliphatic rings. The number of halogens is 1. The van der Waals surface area contributed by atoms with Crippen molar-refractivity contribution < 1.29 is 19.2 Å². The summed E-state index contributed by atoms with van der Waals surface area (Å²) >= 11 is 0. The summed E-state index contributed by atoms with van der Waals surface area (Å²) < 4.78 is 18.5. The molecule has 0 spiro atoms. The molecule has 1 saturated carbocycles. The second-order valence-electron chi connectivity index (χ2n) is 4.08. The molecule has 0 bridgehead atoms. The van der Waals surface area contributed by atoms with Crippen molar-refractivity contribution in [3.8, 4) is 0 Å². The molecule has 0 radical (unpaired) electrons. The van der Waals surface area contributed by atoms with Crippen LogP contribution in [0, 0.1) is 5.82 Å². The predicted octanol–water partition coefficient (Wildman–Crippen LogP) is 0.575. The van der Waals surface area contributed by atoms with Crippen molar-refractivity contribution >= 4 is 12.6 Å². The molecule has 0 atom stereocenters. The normalized spacial score (nSPS) is 15.9. The standard InChI is InChI=1S/C11H14BFO3/c13-9-5-4-8(11(6-9)12(14)15)7-16-10-2-1-3-10/h4-6,10,14-15H,1-3,7H2. The van der Waals surface area contributed by atoms with Crippen LogP contribution < -0.4 is 5.46 Å². The van der Waals surface area contributed by atoms with E-state index >= 15 is 0 Å². The summed E-state index contributed by atoms with van der Waals surface area (Å²) in [6.45, 7) is 0.303. The van der Waals surface area contributed by atoms with Crippen LogP contribution in [-0.4, -0.2) is 23.3 Å². The molecular formula is C11H14BFO3. The Kier molecular flexibility index (Phi) is 3.58. The lowest BCUT2D eigenvalue weighted by Crippen LogP contribution is -2.34. The average Bonchev–Trinajstić information content (AvgIpc) is 2.17. The topological polar surface area (TPSA) is 49.7 Å². The highest BCUT2D eigenvalue weighted by Gasteiger charge is 2.21. The molecule has 0 amide bonds. The minimum absolute atomic E-state index is 0.180. The van der Waals surface area contributed by atoms with E-state index in [1.807, 2.05) is 0 Å². The van der Waals surface area contributed by atoms with Crippen LogP contribution >= 0.6 is 0 Å². The van der Waals surface area contributed by atoms with E-state index in [2.05, 4.69) is 0 Å². The second-order valence-corrected chi connectivity index (χ2v) is 4.08. The molecule has 1 aromatic carbocycles. The summed E-state index contributed by atoms with van der Waals surface area (Å²) in [4.78, 5) is 0. The molecule has 2 rings (SSSR count). The van der Waals surface area contributed by atoms with Gasteiger partial charge in [0, 0.05) is 0 Å². The maximum Gasteiger partial charge on any atom is 0.488 e. The van der Waals surface area contributed by atoms with Gasteiger partial charge < -0.3 is 14.8 Å². The largest absolute Gasteiger partial charge is 0.488 e. The minimum Gasteiger partial charge on any atom is -0.423 e. The van der Waals surface area contributed by atoms with Gasteiger partial charge in [-0.1, -0.05) is 6.07 Å². The van der Waals surface area contributed by atoms with E-state index in [-0.39, 0.29) is 11.6 Å². The van der Waals surface area contributed by atoms with Crippen molar-refractivity contribution in [3.63, 3.8) is 0 Å². The Bertz CT molecular complexity index is 366. The Labute approximate surface area is 94.0 Å². The lowest BCUT2D eigenvalue weighted by atomic mass is 9.77. The first kappa shape index (κ1) is 11.6. The van der Waals surface area contributed by atoms with Crippen molar-refractivity contribution in [3.05, 3.63) is 29.6 Å². The second kappa shape index (κ2) is 4.95. The van der Waals surface area contributed by atoms with Gasteiger partial charge in [-0.15, -0.1) is 0 Å². The molecule has 0 heterocycles. The number of hydrogen-bond donors (Lipinski definition) is 2. The lowest BCUT2D eigenvalue weighted by Gasteiger charge is -2.26. The van der Waals surface area contributed by atoms with Crippen molar-refractivity contribution in [1.29, 1.82) is 0 Å². The zero-order valence-corrected chi connectivity index (χ0v) is 8.90. The van der Waals surface area contributed by atoms with E-state index in [0.29, 0.717) is 12.2 Å². The number of hydrogen-bond acceptors (Lipinski definition) is 3. The molecule has 1 fully saturated rings. The third kappa shape index (κ3) is 2.61. The first-order valence-electron chi connectivity index (χ1n) is 5.43. The summed E-state index contributed by atoms with van der Waals surface area (Å²) in [7, 11) is -1.66.